The van der Waals surface area contributed by atoms with Crippen LogP contribution in [0.1, 0.15) is 17.2 Å². The molecule has 0 aromatic heterocycles. The van der Waals surface area contributed by atoms with Crippen molar-refractivity contribution in [1.82, 2.24) is 0 Å². The Morgan fingerprint density at radius 3 is 2.57 bits per heavy atom. The predicted octanol–water partition coefficient (Wildman–Crippen LogP) is 2.61. The molecule has 2 rings (SSSR count). The molecular weight excluding hydrogens is 270 g/mol. The van der Waals surface area contributed by atoms with Gasteiger partial charge in [0.2, 0.25) is 0 Å². The van der Waals surface area contributed by atoms with Gasteiger partial charge in [0.05, 0.1) is 29.2 Å². The number of nitrogens with one attached hydrogen (secondary N) is 1. The highest BCUT2D eigenvalue weighted by Gasteiger charge is 2.18. The Bertz CT molecular complexity index is 680. The van der Waals surface area contributed by atoms with Crippen LogP contribution in [0.15, 0.2) is 48.5 Å². The second kappa shape index (κ2) is 6.50. The van der Waals surface area contributed by atoms with E-state index in [0.29, 0.717) is 0 Å². The first kappa shape index (κ1) is 14.5. The molecule has 6 nitrogen and oxygen atoms in total. The van der Waals surface area contributed by atoms with E-state index in [-0.39, 0.29) is 23.5 Å². The molecule has 0 radical (unpaired) electrons. The number of aliphatic hydroxyl groups excluding tert-OH is 1. The van der Waals surface area contributed by atoms with Gasteiger partial charge in [-0.25, -0.2) is 0 Å². The fourth-order valence-corrected chi connectivity index (χ4v) is 1.98. The fraction of sp³-hybridized carbons (Fsp3) is 0.133. The smallest absolute Gasteiger partial charge is 0.293 e. The van der Waals surface area contributed by atoms with Crippen molar-refractivity contribution < 1.29 is 10.0 Å². The molecule has 0 spiro atoms. The Morgan fingerprint density at radius 1 is 1.29 bits per heavy atom. The highest BCUT2D eigenvalue weighted by Crippen LogP contribution is 2.29. The minimum absolute atomic E-state index is 0.191. The van der Waals surface area contributed by atoms with Crippen molar-refractivity contribution in [2.45, 2.75) is 6.04 Å². The summed E-state index contributed by atoms with van der Waals surface area (Å²) in [5, 5.41) is 32.3. The summed E-state index contributed by atoms with van der Waals surface area (Å²) in [6.45, 7) is -0.207. The number of benzene rings is 2. The lowest BCUT2D eigenvalue weighted by molar-refractivity contribution is -0.384. The quantitative estimate of drug-likeness (QED) is 0.649. The third-order valence-electron chi connectivity index (χ3n) is 3.04. The maximum Gasteiger partial charge on any atom is 0.293 e. The van der Waals surface area contributed by atoms with Gasteiger partial charge in [-0.05, 0) is 17.7 Å². The molecule has 0 aliphatic heterocycles. The molecule has 106 valence electrons. The number of nitrogens with zero attached hydrogens (tertiary/aromatic N) is 2. The molecule has 6 heteroatoms. The van der Waals surface area contributed by atoms with Crippen molar-refractivity contribution in [1.29, 1.82) is 5.26 Å². The van der Waals surface area contributed by atoms with Crippen LogP contribution in [-0.2, 0) is 0 Å². The maximum atomic E-state index is 11.1. The number of hydrogen-bond acceptors (Lipinski definition) is 5. The molecule has 0 bridgehead atoms. The Labute approximate surface area is 121 Å². The zero-order valence-electron chi connectivity index (χ0n) is 11.1. The minimum atomic E-state index is -0.553. The lowest BCUT2D eigenvalue weighted by Crippen LogP contribution is -2.15. The molecule has 1 unspecified atom stereocenters. The molecule has 0 aliphatic carbocycles. The van der Waals surface area contributed by atoms with E-state index in [2.05, 4.69) is 5.32 Å². The molecule has 0 fully saturated rings. The van der Waals surface area contributed by atoms with E-state index in [9.17, 15) is 15.2 Å². The first-order chi connectivity index (χ1) is 10.2. The lowest BCUT2D eigenvalue weighted by Gasteiger charge is -2.18. The summed E-state index contributed by atoms with van der Waals surface area (Å²) in [5.41, 5.74) is 1.11. The Kier molecular flexibility index (Phi) is 4.49. The third-order valence-corrected chi connectivity index (χ3v) is 3.04. The fourth-order valence-electron chi connectivity index (χ4n) is 1.98. The van der Waals surface area contributed by atoms with Crippen LogP contribution in [0.2, 0.25) is 0 Å². The van der Waals surface area contributed by atoms with Crippen LogP contribution in [0.3, 0.4) is 0 Å². The zero-order chi connectivity index (χ0) is 15.2. The highest BCUT2D eigenvalue weighted by atomic mass is 16.6. The van der Waals surface area contributed by atoms with Crippen LogP contribution in [0.5, 0.6) is 0 Å². The highest BCUT2D eigenvalue weighted by molar-refractivity contribution is 5.64. The molecule has 2 aromatic rings. The lowest BCUT2D eigenvalue weighted by atomic mass is 10.1. The maximum absolute atomic E-state index is 11.1. The number of nitro benzene ring substituents is 1. The van der Waals surface area contributed by atoms with E-state index in [0.717, 1.165) is 5.56 Å². The van der Waals surface area contributed by atoms with Crippen LogP contribution in [-0.4, -0.2) is 16.6 Å². The summed E-state index contributed by atoms with van der Waals surface area (Å²) in [7, 11) is 0. The SMILES string of the molecule is N#Cc1ccc(NC(CO)c2ccccc2)c([N+](=O)[O-])c1. The molecule has 1 atom stereocenters. The Morgan fingerprint density at radius 2 is 2.00 bits per heavy atom. The van der Waals surface area contributed by atoms with Gasteiger partial charge in [0.1, 0.15) is 5.69 Å². The van der Waals surface area contributed by atoms with Gasteiger partial charge < -0.3 is 10.4 Å². The van der Waals surface area contributed by atoms with Crippen molar-refractivity contribution in [2.75, 3.05) is 11.9 Å². The third kappa shape index (κ3) is 3.35. The predicted molar refractivity (Wildman–Crippen MR) is 77.7 cm³/mol. The van der Waals surface area contributed by atoms with E-state index in [1.54, 1.807) is 0 Å². The minimum Gasteiger partial charge on any atom is -0.394 e. The van der Waals surface area contributed by atoms with Gasteiger partial charge in [0.15, 0.2) is 0 Å². The molecule has 0 saturated heterocycles. The van der Waals surface area contributed by atoms with Gasteiger partial charge in [0.25, 0.3) is 5.69 Å². The number of aliphatic hydroxyl groups is 1. The van der Waals surface area contributed by atoms with E-state index >= 15 is 0 Å². The number of rotatable bonds is 5. The van der Waals surface area contributed by atoms with E-state index in [1.807, 2.05) is 36.4 Å². The van der Waals surface area contributed by atoms with Gasteiger partial charge in [-0.1, -0.05) is 30.3 Å². The largest absolute Gasteiger partial charge is 0.394 e. The number of hydrogen-bond donors (Lipinski definition) is 2. The number of anilines is 1. The summed E-state index contributed by atoms with van der Waals surface area (Å²) in [6, 6.07) is 14.7. The second-order valence-electron chi connectivity index (χ2n) is 4.39. The normalized spacial score (nSPS) is 11.4. The van der Waals surface area contributed by atoms with Crippen molar-refractivity contribution in [2.24, 2.45) is 0 Å². The summed E-state index contributed by atoms with van der Waals surface area (Å²) < 4.78 is 0. The van der Waals surface area contributed by atoms with Gasteiger partial charge in [0, 0.05) is 6.07 Å². The average molecular weight is 283 g/mol. The van der Waals surface area contributed by atoms with Crippen LogP contribution < -0.4 is 5.32 Å². The summed E-state index contributed by atoms with van der Waals surface area (Å²) in [4.78, 5) is 10.5. The first-order valence-electron chi connectivity index (χ1n) is 6.26. The Hall–Kier alpha value is -2.91. The van der Waals surface area contributed by atoms with Crippen molar-refractivity contribution in [3.8, 4) is 6.07 Å². The summed E-state index contributed by atoms with van der Waals surface area (Å²) >= 11 is 0. The number of nitriles is 1. The van der Waals surface area contributed by atoms with Gasteiger partial charge in [-0.2, -0.15) is 5.26 Å². The monoisotopic (exact) mass is 283 g/mol. The van der Waals surface area contributed by atoms with Crippen LogP contribution >= 0.6 is 0 Å². The van der Waals surface area contributed by atoms with E-state index < -0.39 is 11.0 Å². The summed E-state index contributed by atoms with van der Waals surface area (Å²) in [6.07, 6.45) is 0. The molecule has 0 saturated carbocycles. The first-order valence-corrected chi connectivity index (χ1v) is 6.26. The molecule has 2 aromatic carbocycles. The van der Waals surface area contributed by atoms with Crippen molar-refractivity contribution in [3.63, 3.8) is 0 Å². The topological polar surface area (TPSA) is 99.2 Å². The standard InChI is InChI=1S/C15H13N3O3/c16-9-11-6-7-13(15(8-11)18(20)21)17-14(10-19)12-4-2-1-3-5-12/h1-8,14,17,19H,10H2. The summed E-state index contributed by atoms with van der Waals surface area (Å²) in [5.74, 6) is 0. The van der Waals surface area contributed by atoms with Gasteiger partial charge in [-0.3, -0.25) is 10.1 Å². The van der Waals surface area contributed by atoms with Crippen molar-refractivity contribution in [3.05, 3.63) is 69.8 Å². The number of nitro groups is 1. The van der Waals surface area contributed by atoms with E-state index in [4.69, 9.17) is 5.26 Å². The zero-order valence-corrected chi connectivity index (χ0v) is 11.1. The van der Waals surface area contributed by atoms with Crippen LogP contribution in [0, 0.1) is 21.4 Å². The molecule has 0 heterocycles. The van der Waals surface area contributed by atoms with Gasteiger partial charge in [-0.15, -0.1) is 0 Å². The molecule has 0 amide bonds. The molecule has 2 N–H and O–H groups in total. The molecule has 21 heavy (non-hydrogen) atoms. The van der Waals surface area contributed by atoms with Gasteiger partial charge >= 0.3 is 0 Å². The average Bonchev–Trinajstić information content (AvgIpc) is 2.53. The van der Waals surface area contributed by atoms with Crippen LogP contribution in [0.4, 0.5) is 11.4 Å². The molecular formula is C15H13N3O3. The van der Waals surface area contributed by atoms with Crippen LogP contribution in [0.25, 0.3) is 0 Å². The van der Waals surface area contributed by atoms with E-state index in [1.165, 1.54) is 18.2 Å². The molecule has 0 aliphatic rings. The van der Waals surface area contributed by atoms with Crippen molar-refractivity contribution >= 4 is 11.4 Å². The second-order valence-corrected chi connectivity index (χ2v) is 4.39. The Balaban J connectivity index is 2.34.